The molecular weight excluding hydrogens is 346 g/mol. The van der Waals surface area contributed by atoms with E-state index >= 15 is 0 Å². The number of benzene rings is 2. The standard InChI is InChI=1S/C21H22ClN3O/c1-15-5-6-20-18(11-15)19(13-23-20)21(26)14-24-7-9-25(10-8-24)17-4-2-3-16(22)12-17/h2-6,11-13,23H,7-10,14H2,1H3. The Labute approximate surface area is 158 Å². The lowest BCUT2D eigenvalue weighted by Gasteiger charge is -2.35. The van der Waals surface area contributed by atoms with Gasteiger partial charge in [-0.2, -0.15) is 0 Å². The SMILES string of the molecule is Cc1ccc2[nH]cc(C(=O)CN3CCN(c4cccc(Cl)c4)CC3)c2c1. The van der Waals surface area contributed by atoms with Gasteiger partial charge in [-0.3, -0.25) is 9.69 Å². The van der Waals surface area contributed by atoms with Crippen LogP contribution in [0.15, 0.2) is 48.7 Å². The summed E-state index contributed by atoms with van der Waals surface area (Å²) in [4.78, 5) is 20.6. The minimum atomic E-state index is 0.179. The molecule has 2 aromatic carbocycles. The molecule has 1 N–H and O–H groups in total. The molecule has 0 spiro atoms. The van der Waals surface area contributed by atoms with Crippen molar-refractivity contribution in [1.29, 1.82) is 0 Å². The zero-order chi connectivity index (χ0) is 18.1. The van der Waals surface area contributed by atoms with Crippen LogP contribution < -0.4 is 4.90 Å². The van der Waals surface area contributed by atoms with Gasteiger partial charge in [0.2, 0.25) is 0 Å². The van der Waals surface area contributed by atoms with E-state index in [2.05, 4.69) is 39.9 Å². The van der Waals surface area contributed by atoms with E-state index in [9.17, 15) is 4.79 Å². The predicted octanol–water partition coefficient (Wildman–Crippen LogP) is 4.13. The molecular formula is C21H22ClN3O. The van der Waals surface area contributed by atoms with Crippen molar-refractivity contribution in [2.75, 3.05) is 37.6 Å². The molecule has 0 unspecified atom stereocenters. The Balaban J connectivity index is 1.41. The Morgan fingerprint density at radius 2 is 1.92 bits per heavy atom. The van der Waals surface area contributed by atoms with E-state index in [1.165, 1.54) is 5.56 Å². The molecule has 1 aliphatic rings. The first kappa shape index (κ1) is 17.1. The molecule has 0 radical (unpaired) electrons. The third kappa shape index (κ3) is 3.48. The number of Topliss-reactive ketones (excluding diaryl/α,β-unsaturated/α-hetero) is 1. The van der Waals surface area contributed by atoms with Crippen molar-refractivity contribution < 1.29 is 4.79 Å². The molecule has 26 heavy (non-hydrogen) atoms. The summed E-state index contributed by atoms with van der Waals surface area (Å²) in [5.74, 6) is 0.179. The van der Waals surface area contributed by atoms with Crippen molar-refractivity contribution in [2.45, 2.75) is 6.92 Å². The summed E-state index contributed by atoms with van der Waals surface area (Å²) in [7, 11) is 0. The predicted molar refractivity (Wildman–Crippen MR) is 107 cm³/mol. The summed E-state index contributed by atoms with van der Waals surface area (Å²) in [6.45, 7) is 6.07. The summed E-state index contributed by atoms with van der Waals surface area (Å²) in [6, 6.07) is 14.1. The number of piperazine rings is 1. The molecule has 134 valence electrons. The van der Waals surface area contributed by atoms with Gasteiger partial charge in [0.05, 0.1) is 6.54 Å². The summed E-state index contributed by atoms with van der Waals surface area (Å²) in [5.41, 5.74) is 4.13. The fourth-order valence-electron chi connectivity index (χ4n) is 3.59. The number of ketones is 1. The summed E-state index contributed by atoms with van der Waals surface area (Å²) in [6.07, 6.45) is 1.84. The van der Waals surface area contributed by atoms with Gasteiger partial charge >= 0.3 is 0 Å². The summed E-state index contributed by atoms with van der Waals surface area (Å²) < 4.78 is 0. The zero-order valence-corrected chi connectivity index (χ0v) is 15.6. The number of hydrogen-bond acceptors (Lipinski definition) is 3. The highest BCUT2D eigenvalue weighted by molar-refractivity contribution is 6.30. The number of carbonyl (C=O) groups is 1. The van der Waals surface area contributed by atoms with E-state index in [4.69, 9.17) is 11.6 Å². The van der Waals surface area contributed by atoms with E-state index < -0.39 is 0 Å². The fraction of sp³-hybridized carbons (Fsp3) is 0.286. The number of hydrogen-bond donors (Lipinski definition) is 1. The van der Waals surface area contributed by atoms with Gasteiger partial charge in [0, 0.05) is 59.6 Å². The maximum Gasteiger partial charge on any atom is 0.178 e. The lowest BCUT2D eigenvalue weighted by Crippen LogP contribution is -2.48. The number of aromatic nitrogens is 1. The van der Waals surface area contributed by atoms with E-state index in [1.807, 2.05) is 30.5 Å². The van der Waals surface area contributed by atoms with E-state index in [1.54, 1.807) is 0 Å². The normalized spacial score (nSPS) is 15.5. The van der Waals surface area contributed by atoms with Gasteiger partial charge in [0.1, 0.15) is 0 Å². The Bertz CT molecular complexity index is 941. The molecule has 4 nitrogen and oxygen atoms in total. The average Bonchev–Trinajstić information content (AvgIpc) is 3.05. The Hall–Kier alpha value is -2.30. The molecule has 3 aromatic rings. The van der Waals surface area contributed by atoms with Gasteiger partial charge < -0.3 is 9.88 Å². The Morgan fingerprint density at radius 3 is 2.69 bits per heavy atom. The average molecular weight is 368 g/mol. The number of nitrogens with one attached hydrogen (secondary N) is 1. The van der Waals surface area contributed by atoms with Crippen molar-refractivity contribution in [3.05, 3.63) is 64.8 Å². The van der Waals surface area contributed by atoms with Gasteiger partial charge in [-0.05, 0) is 37.3 Å². The maximum atomic E-state index is 12.8. The van der Waals surface area contributed by atoms with Crippen LogP contribution in [0.2, 0.25) is 5.02 Å². The van der Waals surface area contributed by atoms with Crippen LogP contribution in [0.1, 0.15) is 15.9 Å². The Morgan fingerprint density at radius 1 is 1.12 bits per heavy atom. The molecule has 1 fully saturated rings. The fourth-order valence-corrected chi connectivity index (χ4v) is 3.77. The zero-order valence-electron chi connectivity index (χ0n) is 14.8. The van der Waals surface area contributed by atoms with Crippen LogP contribution >= 0.6 is 11.6 Å². The number of aromatic amines is 1. The van der Waals surface area contributed by atoms with Crippen molar-refractivity contribution in [3.63, 3.8) is 0 Å². The van der Waals surface area contributed by atoms with Gasteiger partial charge in [-0.1, -0.05) is 29.3 Å². The number of carbonyl (C=O) groups excluding carboxylic acids is 1. The summed E-state index contributed by atoms with van der Waals surface area (Å²) >= 11 is 6.09. The first-order valence-electron chi connectivity index (χ1n) is 8.94. The van der Waals surface area contributed by atoms with Crippen molar-refractivity contribution >= 4 is 34.0 Å². The lowest BCUT2D eigenvalue weighted by molar-refractivity contribution is 0.0928. The minimum absolute atomic E-state index is 0.179. The second-order valence-electron chi connectivity index (χ2n) is 6.92. The van der Waals surface area contributed by atoms with Gasteiger partial charge in [0.15, 0.2) is 5.78 Å². The number of fused-ring (bicyclic) bond motifs is 1. The highest BCUT2D eigenvalue weighted by atomic mass is 35.5. The number of aryl methyl sites for hydroxylation is 1. The first-order chi connectivity index (χ1) is 12.6. The molecule has 4 rings (SSSR count). The first-order valence-corrected chi connectivity index (χ1v) is 9.32. The molecule has 1 saturated heterocycles. The molecule has 2 heterocycles. The molecule has 1 aliphatic heterocycles. The second-order valence-corrected chi connectivity index (χ2v) is 7.35. The molecule has 0 aliphatic carbocycles. The minimum Gasteiger partial charge on any atom is -0.369 e. The van der Waals surface area contributed by atoms with Gasteiger partial charge in [-0.15, -0.1) is 0 Å². The van der Waals surface area contributed by atoms with Crippen LogP contribution in [0.25, 0.3) is 10.9 Å². The third-order valence-electron chi connectivity index (χ3n) is 5.05. The van der Waals surface area contributed by atoms with E-state index in [0.29, 0.717) is 6.54 Å². The topological polar surface area (TPSA) is 39.3 Å². The molecule has 0 amide bonds. The number of halogens is 1. The third-order valence-corrected chi connectivity index (χ3v) is 5.29. The smallest absolute Gasteiger partial charge is 0.178 e. The van der Waals surface area contributed by atoms with E-state index in [0.717, 1.165) is 53.4 Å². The van der Waals surface area contributed by atoms with Crippen LogP contribution in [-0.4, -0.2) is 48.4 Å². The van der Waals surface area contributed by atoms with Crippen LogP contribution in [0.3, 0.4) is 0 Å². The largest absolute Gasteiger partial charge is 0.369 e. The molecule has 5 heteroatoms. The van der Waals surface area contributed by atoms with Crippen molar-refractivity contribution in [3.8, 4) is 0 Å². The molecule has 0 saturated carbocycles. The highest BCUT2D eigenvalue weighted by Crippen LogP contribution is 2.22. The number of nitrogens with zero attached hydrogens (tertiary/aromatic N) is 2. The summed E-state index contributed by atoms with van der Waals surface area (Å²) in [5, 5.41) is 1.78. The molecule has 0 atom stereocenters. The van der Waals surface area contributed by atoms with Crippen LogP contribution in [0.4, 0.5) is 5.69 Å². The maximum absolute atomic E-state index is 12.8. The Kier molecular flexibility index (Phi) is 4.70. The van der Waals surface area contributed by atoms with Crippen LogP contribution in [0, 0.1) is 6.92 Å². The monoisotopic (exact) mass is 367 g/mol. The highest BCUT2D eigenvalue weighted by Gasteiger charge is 2.21. The number of H-pyrrole nitrogens is 1. The van der Waals surface area contributed by atoms with E-state index in [-0.39, 0.29) is 5.78 Å². The quantitative estimate of drug-likeness (QED) is 0.704. The van der Waals surface area contributed by atoms with Crippen molar-refractivity contribution in [2.24, 2.45) is 0 Å². The number of rotatable bonds is 4. The van der Waals surface area contributed by atoms with Gasteiger partial charge in [-0.25, -0.2) is 0 Å². The van der Waals surface area contributed by atoms with Crippen LogP contribution in [-0.2, 0) is 0 Å². The van der Waals surface area contributed by atoms with Gasteiger partial charge in [0.25, 0.3) is 0 Å². The molecule has 0 bridgehead atoms. The van der Waals surface area contributed by atoms with Crippen molar-refractivity contribution in [1.82, 2.24) is 9.88 Å². The van der Waals surface area contributed by atoms with Crippen LogP contribution in [0.5, 0.6) is 0 Å². The number of anilines is 1. The lowest BCUT2D eigenvalue weighted by atomic mass is 10.1. The molecule has 1 aromatic heterocycles. The second kappa shape index (κ2) is 7.14.